The molecule has 1 heterocycles. The Morgan fingerprint density at radius 3 is 2.74 bits per heavy atom. The van der Waals surface area contributed by atoms with Crippen LogP contribution in [0, 0.1) is 15.9 Å². The van der Waals surface area contributed by atoms with Crippen LogP contribution < -0.4 is 4.90 Å². The van der Waals surface area contributed by atoms with Gasteiger partial charge in [0.25, 0.3) is 5.69 Å². The minimum absolute atomic E-state index is 0.0776. The molecule has 0 amide bonds. The molecule has 0 aromatic heterocycles. The third-order valence-electron chi connectivity index (χ3n) is 3.35. The van der Waals surface area contributed by atoms with E-state index in [1.807, 2.05) is 6.92 Å². The highest BCUT2D eigenvalue weighted by atomic mass is 19.1. The predicted molar refractivity (Wildman–Crippen MR) is 66.1 cm³/mol. The first-order valence-electron chi connectivity index (χ1n) is 5.89. The zero-order valence-electron chi connectivity index (χ0n) is 10.3. The van der Waals surface area contributed by atoms with Crippen molar-refractivity contribution in [3.8, 4) is 0 Å². The third-order valence-corrected chi connectivity index (χ3v) is 3.35. The molecule has 1 unspecified atom stereocenters. The van der Waals surface area contributed by atoms with E-state index in [9.17, 15) is 19.3 Å². The first-order chi connectivity index (χ1) is 8.91. The number of nitro benzene ring substituents is 1. The Hall–Kier alpha value is -2.18. The van der Waals surface area contributed by atoms with Gasteiger partial charge in [-0.15, -0.1) is 0 Å². The Balaban J connectivity index is 2.56. The van der Waals surface area contributed by atoms with Gasteiger partial charge in [0.1, 0.15) is 17.1 Å². The van der Waals surface area contributed by atoms with Crippen molar-refractivity contribution in [2.45, 2.75) is 25.8 Å². The maximum atomic E-state index is 13.7. The number of nitrogens with zero attached hydrogens (tertiary/aromatic N) is 2. The monoisotopic (exact) mass is 268 g/mol. The fraction of sp³-hybridized carbons (Fsp3) is 0.417. The van der Waals surface area contributed by atoms with Gasteiger partial charge in [-0.25, -0.2) is 9.18 Å². The molecule has 1 aliphatic heterocycles. The van der Waals surface area contributed by atoms with Crippen molar-refractivity contribution in [3.63, 3.8) is 0 Å². The molecule has 102 valence electrons. The fourth-order valence-corrected chi connectivity index (χ4v) is 2.38. The topological polar surface area (TPSA) is 83.7 Å². The molecule has 0 spiro atoms. The van der Waals surface area contributed by atoms with Crippen LogP contribution in [0.1, 0.15) is 30.1 Å². The second-order valence-corrected chi connectivity index (χ2v) is 4.57. The second kappa shape index (κ2) is 4.83. The molecule has 1 N–H and O–H groups in total. The zero-order chi connectivity index (χ0) is 14.2. The number of benzene rings is 1. The zero-order valence-corrected chi connectivity index (χ0v) is 10.3. The van der Waals surface area contributed by atoms with Crippen molar-refractivity contribution in [2.24, 2.45) is 0 Å². The minimum atomic E-state index is -1.51. The molecule has 6 nitrogen and oxygen atoms in total. The molecule has 1 aliphatic rings. The Morgan fingerprint density at radius 1 is 1.58 bits per heavy atom. The number of hydrogen-bond donors (Lipinski definition) is 1. The first kappa shape index (κ1) is 13.3. The van der Waals surface area contributed by atoms with Gasteiger partial charge in [-0.2, -0.15) is 0 Å². The van der Waals surface area contributed by atoms with E-state index < -0.39 is 22.3 Å². The Kier molecular flexibility index (Phi) is 3.37. The summed E-state index contributed by atoms with van der Waals surface area (Å²) in [5.74, 6) is -2.46. The van der Waals surface area contributed by atoms with Crippen LogP contribution in [0.2, 0.25) is 0 Å². The molecule has 2 rings (SSSR count). The van der Waals surface area contributed by atoms with Crippen molar-refractivity contribution >= 4 is 17.3 Å². The summed E-state index contributed by atoms with van der Waals surface area (Å²) in [5.41, 5.74) is -0.896. The molecule has 0 aliphatic carbocycles. The molecule has 0 saturated carbocycles. The van der Waals surface area contributed by atoms with Gasteiger partial charge >= 0.3 is 5.97 Å². The highest BCUT2D eigenvalue weighted by molar-refractivity contribution is 5.90. The van der Waals surface area contributed by atoms with E-state index in [4.69, 9.17) is 5.11 Å². The summed E-state index contributed by atoms with van der Waals surface area (Å²) in [7, 11) is 0. The average Bonchev–Trinajstić information content (AvgIpc) is 2.74. The summed E-state index contributed by atoms with van der Waals surface area (Å²) >= 11 is 0. The van der Waals surface area contributed by atoms with Crippen molar-refractivity contribution in [3.05, 3.63) is 33.6 Å². The van der Waals surface area contributed by atoms with Crippen LogP contribution in [0.15, 0.2) is 12.1 Å². The number of anilines is 1. The van der Waals surface area contributed by atoms with Crippen molar-refractivity contribution < 1.29 is 19.2 Å². The third kappa shape index (κ3) is 2.35. The van der Waals surface area contributed by atoms with Crippen molar-refractivity contribution in [1.82, 2.24) is 0 Å². The van der Waals surface area contributed by atoms with E-state index in [2.05, 4.69) is 0 Å². The van der Waals surface area contributed by atoms with Crippen molar-refractivity contribution in [1.29, 1.82) is 0 Å². The summed E-state index contributed by atoms with van der Waals surface area (Å²) < 4.78 is 13.7. The predicted octanol–water partition coefficient (Wildman–Crippen LogP) is 2.42. The number of nitro groups is 1. The molecule has 0 bridgehead atoms. The summed E-state index contributed by atoms with van der Waals surface area (Å²) in [6, 6.07) is 1.82. The average molecular weight is 268 g/mol. The van der Waals surface area contributed by atoms with Crippen molar-refractivity contribution in [2.75, 3.05) is 11.4 Å². The molecular formula is C12H13FN2O4. The summed E-state index contributed by atoms with van der Waals surface area (Å²) in [6.07, 6.45) is 1.75. The molecule has 1 aromatic rings. The Bertz CT molecular complexity index is 547. The molecule has 7 heteroatoms. The van der Waals surface area contributed by atoms with E-state index in [-0.39, 0.29) is 17.4 Å². The largest absolute Gasteiger partial charge is 0.478 e. The van der Waals surface area contributed by atoms with Gasteiger partial charge in [-0.3, -0.25) is 10.1 Å². The lowest BCUT2D eigenvalue weighted by atomic mass is 10.1. The van der Waals surface area contributed by atoms with Crippen LogP contribution in [0.4, 0.5) is 15.8 Å². The van der Waals surface area contributed by atoms with Gasteiger partial charge < -0.3 is 10.0 Å². The van der Waals surface area contributed by atoms with E-state index in [1.165, 1.54) is 0 Å². The van der Waals surface area contributed by atoms with Crippen LogP contribution >= 0.6 is 0 Å². The molecule has 0 radical (unpaired) electrons. The summed E-state index contributed by atoms with van der Waals surface area (Å²) in [5, 5.41) is 19.8. The summed E-state index contributed by atoms with van der Waals surface area (Å²) in [4.78, 5) is 22.9. The van der Waals surface area contributed by atoms with E-state index in [1.54, 1.807) is 4.90 Å². The van der Waals surface area contributed by atoms with E-state index >= 15 is 0 Å². The lowest BCUT2D eigenvalue weighted by molar-refractivity contribution is -0.384. The van der Waals surface area contributed by atoms with Crippen LogP contribution in [0.25, 0.3) is 0 Å². The SMILES string of the molecule is CC1CCCN1c1cc(F)c(C(=O)O)cc1[N+](=O)[O-]. The van der Waals surface area contributed by atoms with Gasteiger partial charge in [0, 0.05) is 24.7 Å². The standard InChI is InChI=1S/C12H13FN2O4/c1-7-3-2-4-14(7)10-6-9(13)8(12(16)17)5-11(10)15(18)19/h5-7H,2-4H2,1H3,(H,16,17). The Morgan fingerprint density at radius 2 is 2.26 bits per heavy atom. The van der Waals surface area contributed by atoms with Gasteiger partial charge in [-0.1, -0.05) is 0 Å². The first-order valence-corrected chi connectivity index (χ1v) is 5.89. The second-order valence-electron chi connectivity index (χ2n) is 4.57. The van der Waals surface area contributed by atoms with E-state index in [0.717, 1.165) is 25.0 Å². The molecular weight excluding hydrogens is 255 g/mol. The maximum absolute atomic E-state index is 13.7. The molecule has 1 aromatic carbocycles. The molecule has 1 fully saturated rings. The van der Waals surface area contributed by atoms with E-state index in [0.29, 0.717) is 6.54 Å². The van der Waals surface area contributed by atoms with Crippen LogP contribution in [0.3, 0.4) is 0 Å². The highest BCUT2D eigenvalue weighted by Crippen LogP contribution is 2.35. The molecule has 1 atom stereocenters. The number of carboxylic acid groups (broad SMARTS) is 1. The van der Waals surface area contributed by atoms with Crippen LogP contribution in [0.5, 0.6) is 0 Å². The highest BCUT2D eigenvalue weighted by Gasteiger charge is 2.29. The number of rotatable bonds is 3. The Labute approximate surface area is 108 Å². The number of hydrogen-bond acceptors (Lipinski definition) is 4. The van der Waals surface area contributed by atoms with Crippen LogP contribution in [-0.2, 0) is 0 Å². The lowest BCUT2D eigenvalue weighted by Gasteiger charge is -2.23. The molecule has 1 saturated heterocycles. The number of carboxylic acids is 1. The quantitative estimate of drug-likeness (QED) is 0.672. The van der Waals surface area contributed by atoms with Gasteiger partial charge in [0.2, 0.25) is 0 Å². The number of carbonyl (C=O) groups is 1. The maximum Gasteiger partial charge on any atom is 0.338 e. The van der Waals surface area contributed by atoms with Crippen LogP contribution in [-0.4, -0.2) is 28.6 Å². The summed E-state index contributed by atoms with van der Waals surface area (Å²) in [6.45, 7) is 2.51. The number of aromatic carboxylic acids is 1. The molecule has 19 heavy (non-hydrogen) atoms. The van der Waals surface area contributed by atoms with Gasteiger partial charge in [0.05, 0.1) is 4.92 Å². The van der Waals surface area contributed by atoms with Gasteiger partial charge in [-0.05, 0) is 19.8 Å². The fourth-order valence-electron chi connectivity index (χ4n) is 2.38. The lowest BCUT2D eigenvalue weighted by Crippen LogP contribution is -2.27. The van der Waals surface area contributed by atoms with Gasteiger partial charge in [0.15, 0.2) is 0 Å². The normalized spacial score (nSPS) is 18.6. The number of halogens is 1. The smallest absolute Gasteiger partial charge is 0.338 e. The minimum Gasteiger partial charge on any atom is -0.478 e.